The van der Waals surface area contributed by atoms with Crippen LogP contribution >= 0.6 is 0 Å². The lowest BCUT2D eigenvalue weighted by Gasteiger charge is -1.88. The molecule has 2 nitrogen and oxygen atoms in total. The van der Waals surface area contributed by atoms with Gasteiger partial charge in [-0.05, 0) is 31.9 Å². The Morgan fingerprint density at radius 2 is 2.14 bits per heavy atom. The van der Waals surface area contributed by atoms with Gasteiger partial charge < -0.3 is 4.42 Å². The van der Waals surface area contributed by atoms with Crippen molar-refractivity contribution in [3.8, 4) is 0 Å². The fourth-order valence-electron chi connectivity index (χ4n) is 1.48. The SMILES string of the molecule is C=Nc1c(/C=C\C)oc2ccccc12. The summed E-state index contributed by atoms with van der Waals surface area (Å²) < 4.78 is 5.61. The van der Waals surface area contributed by atoms with Crippen LogP contribution in [0.4, 0.5) is 5.69 Å². The van der Waals surface area contributed by atoms with Crippen LogP contribution in [-0.4, -0.2) is 6.72 Å². The fraction of sp³-hybridized carbons (Fsp3) is 0.0833. The summed E-state index contributed by atoms with van der Waals surface area (Å²) in [5, 5.41) is 1.01. The third-order valence-electron chi connectivity index (χ3n) is 2.07. The largest absolute Gasteiger partial charge is 0.454 e. The summed E-state index contributed by atoms with van der Waals surface area (Å²) in [7, 11) is 0. The molecule has 0 saturated carbocycles. The molecular weight excluding hydrogens is 174 g/mol. The first-order valence-corrected chi connectivity index (χ1v) is 4.47. The molecule has 2 rings (SSSR count). The second kappa shape index (κ2) is 3.50. The average molecular weight is 185 g/mol. The second-order valence-corrected chi connectivity index (χ2v) is 2.97. The Morgan fingerprint density at radius 1 is 1.36 bits per heavy atom. The van der Waals surface area contributed by atoms with E-state index >= 15 is 0 Å². The van der Waals surface area contributed by atoms with Crippen molar-refractivity contribution in [3.63, 3.8) is 0 Å². The van der Waals surface area contributed by atoms with Crippen molar-refractivity contribution in [2.24, 2.45) is 4.99 Å². The molecule has 0 fully saturated rings. The maximum Gasteiger partial charge on any atom is 0.153 e. The standard InChI is InChI=1S/C12H11NO/c1-3-6-11-12(13-2)9-7-4-5-8-10(9)14-11/h3-8H,2H2,1H3/b6-3-. The molecule has 0 N–H and O–H groups in total. The van der Waals surface area contributed by atoms with Gasteiger partial charge in [-0.2, -0.15) is 0 Å². The minimum atomic E-state index is 0.767. The molecule has 0 saturated heterocycles. The lowest BCUT2D eigenvalue weighted by Crippen LogP contribution is -1.64. The van der Waals surface area contributed by atoms with E-state index in [4.69, 9.17) is 4.42 Å². The molecule has 0 unspecified atom stereocenters. The average Bonchev–Trinajstić information content (AvgIpc) is 2.55. The fourth-order valence-corrected chi connectivity index (χ4v) is 1.48. The molecule has 1 heterocycles. The number of nitrogens with zero attached hydrogens (tertiary/aromatic N) is 1. The number of hydrogen-bond acceptors (Lipinski definition) is 2. The molecule has 0 radical (unpaired) electrons. The minimum Gasteiger partial charge on any atom is -0.454 e. The summed E-state index contributed by atoms with van der Waals surface area (Å²) in [6, 6.07) is 7.82. The molecular formula is C12H11NO. The Kier molecular flexibility index (Phi) is 2.19. The smallest absolute Gasteiger partial charge is 0.153 e. The molecule has 0 aliphatic heterocycles. The van der Waals surface area contributed by atoms with Gasteiger partial charge in [0.1, 0.15) is 11.3 Å². The van der Waals surface area contributed by atoms with Gasteiger partial charge in [-0.25, -0.2) is 0 Å². The highest BCUT2D eigenvalue weighted by Crippen LogP contribution is 2.33. The van der Waals surface area contributed by atoms with E-state index < -0.39 is 0 Å². The highest BCUT2D eigenvalue weighted by molar-refractivity contribution is 5.93. The van der Waals surface area contributed by atoms with E-state index in [-0.39, 0.29) is 0 Å². The topological polar surface area (TPSA) is 25.5 Å². The van der Waals surface area contributed by atoms with E-state index in [0.717, 1.165) is 22.4 Å². The summed E-state index contributed by atoms with van der Waals surface area (Å²) in [6.45, 7) is 5.50. The molecule has 2 heteroatoms. The van der Waals surface area contributed by atoms with Crippen molar-refractivity contribution >= 4 is 29.5 Å². The third-order valence-corrected chi connectivity index (χ3v) is 2.07. The van der Waals surface area contributed by atoms with Gasteiger partial charge in [0.05, 0.1) is 0 Å². The lowest BCUT2D eigenvalue weighted by molar-refractivity contribution is 0.605. The van der Waals surface area contributed by atoms with Crippen LogP contribution in [0.15, 0.2) is 39.8 Å². The number of fused-ring (bicyclic) bond motifs is 1. The molecule has 2 aromatic rings. The molecule has 1 aromatic heterocycles. The van der Waals surface area contributed by atoms with Crippen LogP contribution in [-0.2, 0) is 0 Å². The molecule has 0 aliphatic rings. The van der Waals surface area contributed by atoms with E-state index in [9.17, 15) is 0 Å². The maximum absolute atomic E-state index is 5.61. The number of benzene rings is 1. The Morgan fingerprint density at radius 3 is 2.86 bits per heavy atom. The van der Waals surface area contributed by atoms with Crippen molar-refractivity contribution in [1.82, 2.24) is 0 Å². The predicted molar refractivity (Wildman–Crippen MR) is 60.1 cm³/mol. The second-order valence-electron chi connectivity index (χ2n) is 2.97. The summed E-state index contributed by atoms with van der Waals surface area (Å²) in [4.78, 5) is 3.98. The zero-order valence-corrected chi connectivity index (χ0v) is 8.03. The number of para-hydroxylation sites is 1. The van der Waals surface area contributed by atoms with Crippen LogP contribution in [0, 0.1) is 0 Å². The van der Waals surface area contributed by atoms with Crippen LogP contribution < -0.4 is 0 Å². The predicted octanol–water partition coefficient (Wildman–Crippen LogP) is 3.80. The van der Waals surface area contributed by atoms with Gasteiger partial charge in [-0.1, -0.05) is 18.2 Å². The molecule has 0 spiro atoms. The monoisotopic (exact) mass is 185 g/mol. The Balaban J connectivity index is 2.78. The van der Waals surface area contributed by atoms with E-state index in [0.29, 0.717) is 0 Å². The van der Waals surface area contributed by atoms with Gasteiger partial charge in [0.2, 0.25) is 0 Å². The number of allylic oxidation sites excluding steroid dienone is 1. The van der Waals surface area contributed by atoms with Gasteiger partial charge in [0.15, 0.2) is 5.76 Å². The van der Waals surface area contributed by atoms with Crippen LogP contribution in [0.1, 0.15) is 12.7 Å². The molecule has 0 amide bonds. The van der Waals surface area contributed by atoms with Crippen molar-refractivity contribution in [2.45, 2.75) is 6.92 Å². The highest BCUT2D eigenvalue weighted by Gasteiger charge is 2.08. The molecule has 1 aromatic carbocycles. The van der Waals surface area contributed by atoms with Crippen molar-refractivity contribution in [1.29, 1.82) is 0 Å². The first kappa shape index (κ1) is 8.75. The van der Waals surface area contributed by atoms with Crippen LogP contribution in [0.25, 0.3) is 17.0 Å². The Hall–Kier alpha value is -1.83. The summed E-state index contributed by atoms with van der Waals surface area (Å²) in [5.41, 5.74) is 1.67. The summed E-state index contributed by atoms with van der Waals surface area (Å²) in [6.07, 6.45) is 3.82. The lowest BCUT2D eigenvalue weighted by atomic mass is 10.2. The van der Waals surface area contributed by atoms with Gasteiger partial charge in [0, 0.05) is 5.39 Å². The van der Waals surface area contributed by atoms with E-state index in [1.165, 1.54) is 0 Å². The zero-order valence-electron chi connectivity index (χ0n) is 8.03. The zero-order chi connectivity index (χ0) is 9.97. The van der Waals surface area contributed by atoms with Gasteiger partial charge in [-0.15, -0.1) is 0 Å². The quantitative estimate of drug-likeness (QED) is 0.653. The first-order valence-electron chi connectivity index (χ1n) is 4.47. The normalized spacial score (nSPS) is 11.2. The van der Waals surface area contributed by atoms with Crippen LogP contribution in [0.3, 0.4) is 0 Å². The molecule has 0 aliphatic carbocycles. The van der Waals surface area contributed by atoms with Gasteiger partial charge in [0.25, 0.3) is 0 Å². The first-order chi connectivity index (χ1) is 6.86. The Bertz CT molecular complexity index is 494. The van der Waals surface area contributed by atoms with Crippen molar-refractivity contribution in [3.05, 3.63) is 36.1 Å². The summed E-state index contributed by atoms with van der Waals surface area (Å²) >= 11 is 0. The van der Waals surface area contributed by atoms with Crippen molar-refractivity contribution < 1.29 is 4.42 Å². The molecule has 0 bridgehead atoms. The maximum atomic E-state index is 5.61. The number of rotatable bonds is 2. The van der Waals surface area contributed by atoms with Crippen LogP contribution in [0.5, 0.6) is 0 Å². The number of hydrogen-bond donors (Lipinski definition) is 0. The van der Waals surface area contributed by atoms with E-state index in [1.807, 2.05) is 43.3 Å². The minimum absolute atomic E-state index is 0.767. The Labute approximate surface area is 82.6 Å². The number of aliphatic imine (C=N–C) groups is 1. The molecule has 70 valence electrons. The highest BCUT2D eigenvalue weighted by atomic mass is 16.3. The number of furan rings is 1. The molecule has 0 atom stereocenters. The van der Waals surface area contributed by atoms with E-state index in [1.54, 1.807) is 0 Å². The van der Waals surface area contributed by atoms with Crippen molar-refractivity contribution in [2.75, 3.05) is 0 Å². The van der Waals surface area contributed by atoms with Gasteiger partial charge in [-0.3, -0.25) is 4.99 Å². The van der Waals surface area contributed by atoms with Gasteiger partial charge >= 0.3 is 0 Å². The molecule has 14 heavy (non-hydrogen) atoms. The van der Waals surface area contributed by atoms with Crippen LogP contribution in [0.2, 0.25) is 0 Å². The third kappa shape index (κ3) is 1.25. The summed E-state index contributed by atoms with van der Waals surface area (Å²) in [5.74, 6) is 0.767. The van der Waals surface area contributed by atoms with E-state index in [2.05, 4.69) is 11.7 Å².